The number of carbonyl (C=O) groups is 2. The highest BCUT2D eigenvalue weighted by atomic mass is 16.2. The van der Waals surface area contributed by atoms with Crippen molar-refractivity contribution in [2.45, 2.75) is 6.92 Å². The van der Waals surface area contributed by atoms with Crippen molar-refractivity contribution in [1.82, 2.24) is 15.1 Å². The van der Waals surface area contributed by atoms with E-state index in [9.17, 15) is 9.59 Å². The van der Waals surface area contributed by atoms with Gasteiger partial charge in [0.15, 0.2) is 0 Å². The Hall–Kier alpha value is -1.10. The summed E-state index contributed by atoms with van der Waals surface area (Å²) in [5.41, 5.74) is 0.0799. The van der Waals surface area contributed by atoms with Gasteiger partial charge in [-0.05, 0) is 0 Å². The van der Waals surface area contributed by atoms with Crippen molar-refractivity contribution >= 4 is 11.9 Å². The van der Waals surface area contributed by atoms with Crippen molar-refractivity contribution in [3.8, 4) is 0 Å². The molecule has 1 N–H and O–H groups in total. The van der Waals surface area contributed by atoms with Gasteiger partial charge in [0, 0.05) is 32.1 Å². The Kier molecular flexibility index (Phi) is 1.99. The van der Waals surface area contributed by atoms with E-state index in [1.807, 2.05) is 0 Å². The molecule has 2 aliphatic rings. The minimum absolute atomic E-state index is 0.0781. The van der Waals surface area contributed by atoms with Crippen molar-refractivity contribution in [3.63, 3.8) is 0 Å². The number of nitrogens with one attached hydrogen (secondary N) is 1. The lowest BCUT2D eigenvalue weighted by Gasteiger charge is -2.41. The molecule has 2 rings (SSSR count). The third kappa shape index (κ3) is 1.37. The zero-order chi connectivity index (χ0) is 10.3. The van der Waals surface area contributed by atoms with Crippen LogP contribution in [0.3, 0.4) is 0 Å². The number of hydrogen-bond donors (Lipinski definition) is 1. The summed E-state index contributed by atoms with van der Waals surface area (Å²) in [6, 6.07) is -0.164. The van der Waals surface area contributed by atoms with Crippen molar-refractivity contribution in [1.29, 1.82) is 0 Å². The fourth-order valence-electron chi connectivity index (χ4n) is 1.87. The number of urea groups is 1. The fourth-order valence-corrected chi connectivity index (χ4v) is 1.87. The second-order valence-corrected chi connectivity index (χ2v) is 4.53. The second kappa shape index (κ2) is 2.95. The average Bonchev–Trinajstić information content (AvgIpc) is 2.29. The summed E-state index contributed by atoms with van der Waals surface area (Å²) in [6.07, 6.45) is 0. The van der Waals surface area contributed by atoms with Crippen molar-refractivity contribution < 1.29 is 9.59 Å². The summed E-state index contributed by atoms with van der Waals surface area (Å²) in [4.78, 5) is 25.8. The molecule has 2 saturated heterocycles. The maximum absolute atomic E-state index is 11.5. The Balaban J connectivity index is 2.03. The summed E-state index contributed by atoms with van der Waals surface area (Å²) in [5.74, 6) is -0.0781. The molecule has 2 fully saturated rings. The minimum atomic E-state index is -0.164. The standard InChI is InChI=1S/C9H15N3O2/c1-9(4-10-5-9)6-12-7(13)3-11(2)8(12)14/h10H,3-6H2,1-2H3. The summed E-state index contributed by atoms with van der Waals surface area (Å²) in [6.45, 7) is 4.62. The third-order valence-corrected chi connectivity index (χ3v) is 2.87. The molecule has 0 atom stereocenters. The predicted octanol–water partition coefficient (Wildman–Crippen LogP) is -0.510. The quantitative estimate of drug-likeness (QED) is 0.607. The number of imide groups is 1. The van der Waals surface area contributed by atoms with Gasteiger partial charge in [-0.2, -0.15) is 0 Å². The average molecular weight is 197 g/mol. The molecule has 5 heteroatoms. The van der Waals surface area contributed by atoms with Gasteiger partial charge >= 0.3 is 6.03 Å². The van der Waals surface area contributed by atoms with Crippen LogP contribution in [0.1, 0.15) is 6.92 Å². The van der Waals surface area contributed by atoms with Crippen LogP contribution < -0.4 is 5.32 Å². The van der Waals surface area contributed by atoms with Crippen LogP contribution in [0.4, 0.5) is 4.79 Å². The van der Waals surface area contributed by atoms with Crippen molar-refractivity contribution in [2.24, 2.45) is 5.41 Å². The van der Waals surface area contributed by atoms with E-state index in [0.717, 1.165) is 13.1 Å². The van der Waals surface area contributed by atoms with E-state index in [0.29, 0.717) is 6.54 Å². The SMILES string of the molecule is CN1CC(=O)N(CC2(C)CNC2)C1=O. The first-order valence-corrected chi connectivity index (χ1v) is 4.78. The maximum Gasteiger partial charge on any atom is 0.326 e. The molecule has 0 aromatic heterocycles. The first-order chi connectivity index (χ1) is 6.52. The van der Waals surface area contributed by atoms with E-state index >= 15 is 0 Å². The Morgan fingerprint density at radius 2 is 2.07 bits per heavy atom. The molecule has 5 nitrogen and oxygen atoms in total. The Morgan fingerprint density at radius 1 is 1.43 bits per heavy atom. The largest absolute Gasteiger partial charge is 0.326 e. The zero-order valence-electron chi connectivity index (χ0n) is 8.54. The highest BCUT2D eigenvalue weighted by Crippen LogP contribution is 2.24. The van der Waals surface area contributed by atoms with E-state index in [2.05, 4.69) is 12.2 Å². The van der Waals surface area contributed by atoms with Gasteiger partial charge in [-0.15, -0.1) is 0 Å². The van der Waals surface area contributed by atoms with Gasteiger partial charge in [0.05, 0.1) is 0 Å². The first-order valence-electron chi connectivity index (χ1n) is 4.78. The van der Waals surface area contributed by atoms with E-state index < -0.39 is 0 Å². The van der Waals surface area contributed by atoms with E-state index in [1.54, 1.807) is 7.05 Å². The number of rotatable bonds is 2. The van der Waals surface area contributed by atoms with Crippen LogP contribution in [-0.2, 0) is 4.79 Å². The molecule has 78 valence electrons. The van der Waals surface area contributed by atoms with Crippen molar-refractivity contribution in [2.75, 3.05) is 33.2 Å². The van der Waals surface area contributed by atoms with Crippen molar-refractivity contribution in [3.05, 3.63) is 0 Å². The number of likely N-dealkylation sites (N-methyl/N-ethyl adjacent to an activating group) is 1. The molecule has 0 saturated carbocycles. The smallest absolute Gasteiger partial charge is 0.318 e. The van der Waals surface area contributed by atoms with Crippen LogP contribution in [0, 0.1) is 5.41 Å². The highest BCUT2D eigenvalue weighted by Gasteiger charge is 2.41. The second-order valence-electron chi connectivity index (χ2n) is 4.53. The fraction of sp³-hybridized carbons (Fsp3) is 0.778. The number of carbonyl (C=O) groups excluding carboxylic acids is 2. The summed E-state index contributed by atoms with van der Waals surface area (Å²) >= 11 is 0. The summed E-state index contributed by atoms with van der Waals surface area (Å²) in [5, 5.41) is 3.15. The van der Waals surface area contributed by atoms with E-state index in [4.69, 9.17) is 0 Å². The molecule has 0 radical (unpaired) electrons. The Labute approximate surface area is 83.0 Å². The van der Waals surface area contributed by atoms with Gasteiger partial charge in [0.2, 0.25) is 5.91 Å². The van der Waals surface area contributed by atoms with Crippen LogP contribution in [0.25, 0.3) is 0 Å². The predicted molar refractivity (Wildman–Crippen MR) is 50.7 cm³/mol. The van der Waals surface area contributed by atoms with Gasteiger partial charge in [-0.25, -0.2) is 4.79 Å². The minimum Gasteiger partial charge on any atom is -0.318 e. The van der Waals surface area contributed by atoms with Gasteiger partial charge < -0.3 is 10.2 Å². The van der Waals surface area contributed by atoms with E-state index in [1.165, 1.54) is 9.80 Å². The molecule has 0 aromatic rings. The first kappa shape index (κ1) is 9.45. The molecule has 2 aliphatic heterocycles. The molecule has 2 heterocycles. The summed E-state index contributed by atoms with van der Waals surface area (Å²) < 4.78 is 0. The summed E-state index contributed by atoms with van der Waals surface area (Å²) in [7, 11) is 1.65. The van der Waals surface area contributed by atoms with Crippen LogP contribution in [0.2, 0.25) is 0 Å². The molecule has 0 aromatic carbocycles. The molecule has 0 unspecified atom stereocenters. The highest BCUT2D eigenvalue weighted by molar-refractivity contribution is 6.01. The zero-order valence-corrected chi connectivity index (χ0v) is 8.54. The molecular formula is C9H15N3O2. The van der Waals surface area contributed by atoms with Crippen LogP contribution >= 0.6 is 0 Å². The molecule has 3 amide bonds. The maximum atomic E-state index is 11.5. The lowest BCUT2D eigenvalue weighted by molar-refractivity contribution is -0.126. The monoisotopic (exact) mass is 197 g/mol. The Morgan fingerprint density at radius 3 is 2.43 bits per heavy atom. The lowest BCUT2D eigenvalue weighted by atomic mass is 9.84. The number of hydrogen-bond acceptors (Lipinski definition) is 3. The van der Waals surface area contributed by atoms with Gasteiger partial charge in [0.1, 0.15) is 6.54 Å². The molecule has 0 spiro atoms. The van der Waals surface area contributed by atoms with Crippen LogP contribution in [0.15, 0.2) is 0 Å². The van der Waals surface area contributed by atoms with Gasteiger partial charge in [0.25, 0.3) is 0 Å². The normalized spacial score (nSPS) is 25.6. The number of nitrogens with zero attached hydrogens (tertiary/aromatic N) is 2. The molecular weight excluding hydrogens is 182 g/mol. The molecule has 0 aliphatic carbocycles. The van der Waals surface area contributed by atoms with Crippen LogP contribution in [-0.4, -0.2) is 55.0 Å². The third-order valence-electron chi connectivity index (χ3n) is 2.87. The Bertz CT molecular complexity index is 286. The van der Waals surface area contributed by atoms with E-state index in [-0.39, 0.29) is 23.9 Å². The number of amides is 3. The molecule has 0 bridgehead atoms. The lowest BCUT2D eigenvalue weighted by Crippen LogP contribution is -2.57. The van der Waals surface area contributed by atoms with Gasteiger partial charge in [-0.1, -0.05) is 6.92 Å². The van der Waals surface area contributed by atoms with Gasteiger partial charge in [-0.3, -0.25) is 9.69 Å². The molecule has 14 heavy (non-hydrogen) atoms. The van der Waals surface area contributed by atoms with Crippen LogP contribution in [0.5, 0.6) is 0 Å². The topological polar surface area (TPSA) is 52.7 Å².